The topological polar surface area (TPSA) is 52.7 Å². The van der Waals surface area contributed by atoms with Gasteiger partial charge in [-0.1, -0.05) is 69.3 Å². The lowest BCUT2D eigenvalue weighted by molar-refractivity contribution is 0.627. The van der Waals surface area contributed by atoms with Crippen LogP contribution in [0, 0.1) is 18.7 Å². The van der Waals surface area contributed by atoms with Crippen molar-refractivity contribution in [2.24, 2.45) is 5.92 Å². The van der Waals surface area contributed by atoms with E-state index in [1.807, 2.05) is 64.3 Å². The number of imidazole rings is 1. The molecule has 0 aliphatic heterocycles. The van der Waals surface area contributed by atoms with Crippen LogP contribution in [0.2, 0.25) is 0 Å². The molecule has 3 rings (SSSR count). The Labute approximate surface area is 244 Å². The average Bonchev–Trinajstić information content (AvgIpc) is 3.75. The number of hydrogen-bond acceptors (Lipinski definition) is 3. The third kappa shape index (κ3) is 7.73. The second-order valence-electron chi connectivity index (χ2n) is 9.87. The number of aromatic nitrogens is 2. The summed E-state index contributed by atoms with van der Waals surface area (Å²) >= 11 is 0. The van der Waals surface area contributed by atoms with Gasteiger partial charge in [0.1, 0.15) is 11.6 Å². The van der Waals surface area contributed by atoms with E-state index < -0.39 is 0 Å². The number of rotatable bonds is 14. The highest BCUT2D eigenvalue weighted by Crippen LogP contribution is 2.35. The van der Waals surface area contributed by atoms with E-state index in [-0.39, 0.29) is 5.82 Å². The summed E-state index contributed by atoms with van der Waals surface area (Å²) in [6, 6.07) is 6.45. The van der Waals surface area contributed by atoms with Crippen LogP contribution in [0.15, 0.2) is 134 Å². The lowest BCUT2D eigenvalue weighted by Gasteiger charge is -2.15. The van der Waals surface area contributed by atoms with Crippen LogP contribution in [0.3, 0.4) is 0 Å². The zero-order chi connectivity index (χ0) is 30.1. The van der Waals surface area contributed by atoms with Gasteiger partial charge in [0.05, 0.1) is 5.69 Å². The summed E-state index contributed by atoms with van der Waals surface area (Å²) in [5, 5.41) is 6.66. The van der Waals surface area contributed by atoms with E-state index in [2.05, 4.69) is 48.5 Å². The highest BCUT2D eigenvalue weighted by molar-refractivity contribution is 5.84. The van der Waals surface area contributed by atoms with Crippen molar-refractivity contribution in [1.82, 2.24) is 20.6 Å². The molecule has 212 valence electrons. The fourth-order valence-corrected chi connectivity index (χ4v) is 4.49. The van der Waals surface area contributed by atoms with E-state index in [9.17, 15) is 4.39 Å². The summed E-state index contributed by atoms with van der Waals surface area (Å²) in [5.74, 6) is 0.818. The predicted octanol–water partition coefficient (Wildman–Crippen LogP) is 8.62. The second kappa shape index (κ2) is 14.1. The zero-order valence-electron chi connectivity index (χ0n) is 24.7. The Bertz CT molecular complexity index is 1520. The van der Waals surface area contributed by atoms with Crippen LogP contribution in [0.4, 0.5) is 4.39 Å². The van der Waals surface area contributed by atoms with Crippen LogP contribution in [0.25, 0.3) is 11.1 Å². The van der Waals surface area contributed by atoms with Gasteiger partial charge in [0.2, 0.25) is 0 Å². The minimum absolute atomic E-state index is 0.314. The molecule has 0 saturated heterocycles. The third-order valence-corrected chi connectivity index (χ3v) is 6.93. The van der Waals surface area contributed by atoms with E-state index in [1.54, 1.807) is 18.2 Å². The Morgan fingerprint density at radius 3 is 2.39 bits per heavy atom. The highest BCUT2D eigenvalue weighted by atomic mass is 19.1. The van der Waals surface area contributed by atoms with Gasteiger partial charge in [-0.15, -0.1) is 0 Å². The van der Waals surface area contributed by atoms with Crippen LogP contribution in [-0.2, 0) is 0 Å². The summed E-state index contributed by atoms with van der Waals surface area (Å²) in [6.45, 7) is 26.6. The molecule has 0 amide bonds. The molecule has 0 unspecified atom stereocenters. The van der Waals surface area contributed by atoms with Gasteiger partial charge in [0, 0.05) is 46.6 Å². The average molecular weight is 549 g/mol. The summed E-state index contributed by atoms with van der Waals surface area (Å²) in [5.41, 5.74) is 9.03. The summed E-state index contributed by atoms with van der Waals surface area (Å²) in [4.78, 5) is 8.30. The van der Waals surface area contributed by atoms with Gasteiger partial charge in [0.25, 0.3) is 0 Å². The fourth-order valence-electron chi connectivity index (χ4n) is 4.49. The molecule has 0 atom stereocenters. The summed E-state index contributed by atoms with van der Waals surface area (Å²) < 4.78 is 14.1. The number of likely N-dealkylation sites (N-methyl/N-ethyl adjacent to an activating group) is 1. The largest absolute Gasteiger partial charge is 0.388 e. The molecular formula is C36H41FN4. The molecule has 1 aliphatic rings. The van der Waals surface area contributed by atoms with Gasteiger partial charge in [-0.3, -0.25) is 0 Å². The predicted molar refractivity (Wildman–Crippen MR) is 173 cm³/mol. The lowest BCUT2D eigenvalue weighted by atomic mass is 9.96. The molecule has 0 radical (unpaired) electrons. The first-order valence-electron chi connectivity index (χ1n) is 13.7. The molecule has 0 bridgehead atoms. The normalized spacial score (nSPS) is 14.9. The molecule has 1 heterocycles. The molecular weight excluding hydrogens is 507 g/mol. The fraction of sp³-hybridized carbons (Fsp3) is 0.194. The van der Waals surface area contributed by atoms with Crippen LogP contribution in [-0.4, -0.2) is 17.0 Å². The van der Waals surface area contributed by atoms with Gasteiger partial charge < -0.3 is 15.6 Å². The maximum Gasteiger partial charge on any atom is 0.138 e. The Morgan fingerprint density at radius 1 is 1.10 bits per heavy atom. The quantitative estimate of drug-likeness (QED) is 0.207. The number of hydrogen-bond donors (Lipinski definition) is 3. The van der Waals surface area contributed by atoms with E-state index in [0.717, 1.165) is 45.1 Å². The minimum atomic E-state index is -0.314. The molecule has 41 heavy (non-hydrogen) atoms. The van der Waals surface area contributed by atoms with Crippen LogP contribution >= 0.6 is 0 Å². The van der Waals surface area contributed by atoms with Crippen molar-refractivity contribution in [3.63, 3.8) is 0 Å². The SMILES string of the molecule is C=C/C=C(/c1cccc(F)c1)c1nc(C(=C)C(=C/C(=C)C(/C=C(\C=C)NC(=C)C2CC2)=C/C)/C(=C\C)NC)[nH]c1C. The lowest BCUT2D eigenvalue weighted by Crippen LogP contribution is -2.12. The van der Waals surface area contributed by atoms with Gasteiger partial charge >= 0.3 is 0 Å². The van der Waals surface area contributed by atoms with Crippen molar-refractivity contribution in [3.05, 3.63) is 162 Å². The number of halogens is 1. The Kier molecular flexibility index (Phi) is 10.6. The molecule has 1 aliphatic carbocycles. The summed E-state index contributed by atoms with van der Waals surface area (Å²) in [6.07, 6.45) is 15.7. The Morgan fingerprint density at radius 2 is 1.83 bits per heavy atom. The molecule has 3 N–H and O–H groups in total. The van der Waals surface area contributed by atoms with Crippen LogP contribution in [0.1, 0.15) is 49.5 Å². The van der Waals surface area contributed by atoms with Crippen molar-refractivity contribution in [3.8, 4) is 0 Å². The number of H-pyrrole nitrogens is 1. The molecule has 2 aromatic rings. The zero-order valence-corrected chi connectivity index (χ0v) is 24.7. The molecule has 0 spiro atoms. The molecule has 1 aromatic heterocycles. The number of allylic oxidation sites excluding steroid dienone is 11. The third-order valence-electron chi connectivity index (χ3n) is 6.93. The molecule has 5 heteroatoms. The monoisotopic (exact) mass is 548 g/mol. The van der Waals surface area contributed by atoms with Crippen LogP contribution < -0.4 is 10.6 Å². The van der Waals surface area contributed by atoms with Gasteiger partial charge in [-0.25, -0.2) is 9.37 Å². The Hall–Kier alpha value is -4.64. The summed E-state index contributed by atoms with van der Waals surface area (Å²) in [7, 11) is 1.87. The second-order valence-corrected chi connectivity index (χ2v) is 9.87. The number of nitrogens with zero attached hydrogens (tertiary/aromatic N) is 1. The standard InChI is InChI=1S/C36H41FN4/c1-10-15-32(29-16-14-17-30(37)21-29)35-26(8)40-36(41-35)24(6)33(34(13-4)38-9)20-23(5)27(11-2)22-31(12-3)39-25(7)28-18-19-28/h10-17,20-22,28,38-39H,1,3,5-7,18-19H2,2,4,8-9H3,(H,40,41)/b27-11+,31-22+,32-15-,33-20-,34-13+. The van der Waals surface area contributed by atoms with E-state index in [4.69, 9.17) is 4.98 Å². The highest BCUT2D eigenvalue weighted by Gasteiger charge is 2.24. The van der Waals surface area contributed by atoms with Crippen molar-refractivity contribution in [2.75, 3.05) is 7.05 Å². The van der Waals surface area contributed by atoms with Crippen molar-refractivity contribution in [2.45, 2.75) is 33.6 Å². The molecule has 1 fully saturated rings. The van der Waals surface area contributed by atoms with Gasteiger partial charge in [-0.05, 0) is 86.6 Å². The maximum atomic E-state index is 14.1. The van der Waals surface area contributed by atoms with Crippen molar-refractivity contribution < 1.29 is 4.39 Å². The van der Waals surface area contributed by atoms with Crippen molar-refractivity contribution >= 4 is 11.1 Å². The number of aromatic amines is 1. The first-order chi connectivity index (χ1) is 19.7. The molecule has 1 aromatic carbocycles. The van der Waals surface area contributed by atoms with Crippen LogP contribution in [0.5, 0.6) is 0 Å². The van der Waals surface area contributed by atoms with Gasteiger partial charge in [-0.2, -0.15) is 0 Å². The van der Waals surface area contributed by atoms with E-state index >= 15 is 0 Å². The first-order valence-corrected chi connectivity index (χ1v) is 13.7. The van der Waals surface area contributed by atoms with E-state index in [0.29, 0.717) is 28.6 Å². The number of benzene rings is 1. The smallest absolute Gasteiger partial charge is 0.138 e. The number of nitrogens with one attached hydrogen (secondary N) is 3. The maximum absolute atomic E-state index is 14.1. The molecule has 1 saturated carbocycles. The minimum Gasteiger partial charge on any atom is -0.388 e. The molecule has 4 nitrogen and oxygen atoms in total. The van der Waals surface area contributed by atoms with Gasteiger partial charge in [0.15, 0.2) is 0 Å². The number of aryl methyl sites for hydroxylation is 1. The first kappa shape index (κ1) is 30.9. The van der Waals surface area contributed by atoms with Crippen molar-refractivity contribution in [1.29, 1.82) is 0 Å². The van der Waals surface area contributed by atoms with E-state index in [1.165, 1.54) is 25.0 Å². The Balaban J connectivity index is 2.01.